The second-order valence-electron chi connectivity index (χ2n) is 6.24. The average Bonchev–Trinajstić information content (AvgIpc) is 2.71. The molecule has 1 aromatic heterocycles. The zero-order valence-corrected chi connectivity index (χ0v) is 15.5. The lowest BCUT2D eigenvalue weighted by Crippen LogP contribution is -2.51. The first kappa shape index (κ1) is 19.4. The Labute approximate surface area is 160 Å². The number of aromatic nitrogens is 1. The molecule has 0 radical (unpaired) electrons. The third kappa shape index (κ3) is 4.30. The number of hydrogen-bond acceptors (Lipinski definition) is 6. The molecule has 1 aliphatic rings. The summed E-state index contributed by atoms with van der Waals surface area (Å²) in [5.41, 5.74) is 0.203. The van der Waals surface area contributed by atoms with Crippen LogP contribution in [0.4, 0.5) is 4.79 Å². The van der Waals surface area contributed by atoms with Crippen molar-refractivity contribution in [2.24, 2.45) is 0 Å². The highest BCUT2D eigenvalue weighted by Gasteiger charge is 2.25. The molecule has 2 amide bonds. The van der Waals surface area contributed by atoms with Gasteiger partial charge < -0.3 is 24.3 Å². The number of aromatic amines is 1. The van der Waals surface area contributed by atoms with Crippen molar-refractivity contribution in [3.05, 3.63) is 46.2 Å². The van der Waals surface area contributed by atoms with Crippen molar-refractivity contribution >= 4 is 28.9 Å². The van der Waals surface area contributed by atoms with Crippen LogP contribution in [0, 0.1) is 0 Å². The normalized spacial score (nSPS) is 14.0. The predicted molar refractivity (Wildman–Crippen MR) is 100 cm³/mol. The van der Waals surface area contributed by atoms with Crippen molar-refractivity contribution in [2.75, 3.05) is 39.4 Å². The minimum Gasteiger partial charge on any atom is -0.452 e. The summed E-state index contributed by atoms with van der Waals surface area (Å²) in [4.78, 5) is 53.8. The molecule has 3 rings (SSSR count). The van der Waals surface area contributed by atoms with Gasteiger partial charge in [0.15, 0.2) is 6.61 Å². The average molecular weight is 387 g/mol. The van der Waals surface area contributed by atoms with Gasteiger partial charge in [-0.2, -0.15) is 0 Å². The minimum atomic E-state index is -0.735. The fourth-order valence-electron chi connectivity index (χ4n) is 3.02. The minimum absolute atomic E-state index is 0.110. The number of amides is 2. The molecule has 1 aromatic carbocycles. The van der Waals surface area contributed by atoms with Crippen LogP contribution < -0.4 is 5.56 Å². The summed E-state index contributed by atoms with van der Waals surface area (Å²) in [7, 11) is 0. The number of esters is 1. The van der Waals surface area contributed by atoms with Crippen molar-refractivity contribution in [1.29, 1.82) is 0 Å². The lowest BCUT2D eigenvalue weighted by atomic mass is 10.1. The number of fused-ring (bicyclic) bond motifs is 1. The summed E-state index contributed by atoms with van der Waals surface area (Å²) in [5.74, 6) is -1.09. The molecule has 2 heterocycles. The van der Waals surface area contributed by atoms with Gasteiger partial charge in [-0.25, -0.2) is 9.59 Å². The number of nitrogens with one attached hydrogen (secondary N) is 1. The van der Waals surface area contributed by atoms with Crippen LogP contribution in [-0.2, 0) is 14.3 Å². The van der Waals surface area contributed by atoms with E-state index >= 15 is 0 Å². The molecule has 0 saturated carbocycles. The molecule has 0 aliphatic carbocycles. The number of H-pyrrole nitrogens is 1. The molecule has 1 N–H and O–H groups in total. The SMILES string of the molecule is CCOC(=O)N1CCN(C(=O)COC(=O)c2cc(=O)[nH]c3ccccc23)CC1. The summed E-state index contributed by atoms with van der Waals surface area (Å²) in [6.07, 6.45) is -0.401. The third-order valence-corrected chi connectivity index (χ3v) is 4.46. The second kappa shape index (κ2) is 8.55. The number of rotatable bonds is 4. The standard InChI is InChI=1S/C19H21N3O6/c1-2-27-19(26)22-9-7-21(8-10-22)17(24)12-28-18(25)14-11-16(23)20-15-6-4-3-5-13(14)15/h3-6,11H,2,7-10,12H2,1H3,(H,20,23). The molecule has 0 unspecified atom stereocenters. The smallest absolute Gasteiger partial charge is 0.409 e. The van der Waals surface area contributed by atoms with Gasteiger partial charge in [0, 0.05) is 43.1 Å². The lowest BCUT2D eigenvalue weighted by molar-refractivity contribution is -0.136. The first-order chi connectivity index (χ1) is 13.5. The van der Waals surface area contributed by atoms with E-state index in [2.05, 4.69) is 4.98 Å². The van der Waals surface area contributed by atoms with Gasteiger partial charge in [-0.3, -0.25) is 9.59 Å². The molecule has 9 nitrogen and oxygen atoms in total. The predicted octanol–water partition coefficient (Wildman–Crippen LogP) is 0.986. The van der Waals surface area contributed by atoms with Gasteiger partial charge >= 0.3 is 12.1 Å². The van der Waals surface area contributed by atoms with Gasteiger partial charge in [-0.1, -0.05) is 18.2 Å². The highest BCUT2D eigenvalue weighted by Crippen LogP contribution is 2.15. The van der Waals surface area contributed by atoms with Crippen LogP contribution in [0.3, 0.4) is 0 Å². The summed E-state index contributed by atoms with van der Waals surface area (Å²) in [6, 6.07) is 8.02. The van der Waals surface area contributed by atoms with E-state index in [0.29, 0.717) is 43.7 Å². The molecule has 2 aromatic rings. The van der Waals surface area contributed by atoms with E-state index in [1.807, 2.05) is 0 Å². The van der Waals surface area contributed by atoms with Crippen molar-refractivity contribution in [1.82, 2.24) is 14.8 Å². The Morgan fingerprint density at radius 2 is 1.71 bits per heavy atom. The fraction of sp³-hybridized carbons (Fsp3) is 0.368. The van der Waals surface area contributed by atoms with Crippen LogP contribution >= 0.6 is 0 Å². The molecule has 9 heteroatoms. The molecule has 1 fully saturated rings. The Morgan fingerprint density at radius 1 is 1.04 bits per heavy atom. The second-order valence-corrected chi connectivity index (χ2v) is 6.24. The number of pyridine rings is 1. The highest BCUT2D eigenvalue weighted by atomic mass is 16.6. The number of para-hydroxylation sites is 1. The maximum atomic E-state index is 12.4. The van der Waals surface area contributed by atoms with E-state index in [-0.39, 0.29) is 11.5 Å². The monoisotopic (exact) mass is 387 g/mol. The summed E-state index contributed by atoms with van der Waals surface area (Å²) in [6.45, 7) is 2.99. The Balaban J connectivity index is 1.58. The Bertz CT molecular complexity index is 946. The van der Waals surface area contributed by atoms with Gasteiger partial charge in [-0.05, 0) is 13.0 Å². The van der Waals surface area contributed by atoms with E-state index in [1.54, 1.807) is 31.2 Å². The number of carbonyl (C=O) groups is 3. The molecule has 0 atom stereocenters. The Kier molecular flexibility index (Phi) is 5.93. The highest BCUT2D eigenvalue weighted by molar-refractivity contribution is 6.03. The summed E-state index contributed by atoms with van der Waals surface area (Å²) in [5, 5.41) is 0.544. The van der Waals surface area contributed by atoms with Gasteiger partial charge in [0.2, 0.25) is 5.56 Å². The number of nitrogens with zero attached hydrogens (tertiary/aromatic N) is 2. The number of hydrogen-bond donors (Lipinski definition) is 1. The van der Waals surface area contributed by atoms with Crippen molar-refractivity contribution in [3.8, 4) is 0 Å². The van der Waals surface area contributed by atoms with E-state index in [9.17, 15) is 19.2 Å². The van der Waals surface area contributed by atoms with E-state index in [0.717, 1.165) is 6.07 Å². The third-order valence-electron chi connectivity index (χ3n) is 4.46. The Morgan fingerprint density at radius 3 is 2.43 bits per heavy atom. The van der Waals surface area contributed by atoms with Crippen LogP contribution in [-0.4, -0.2) is 72.1 Å². The number of ether oxygens (including phenoxy) is 2. The van der Waals surface area contributed by atoms with Crippen LogP contribution in [0.5, 0.6) is 0 Å². The molecular weight excluding hydrogens is 366 g/mol. The van der Waals surface area contributed by atoms with Crippen molar-refractivity contribution in [3.63, 3.8) is 0 Å². The van der Waals surface area contributed by atoms with E-state index in [1.165, 1.54) is 9.80 Å². The molecule has 1 aliphatic heterocycles. The quantitative estimate of drug-likeness (QED) is 0.784. The van der Waals surface area contributed by atoms with Crippen LogP contribution in [0.25, 0.3) is 10.9 Å². The van der Waals surface area contributed by atoms with Crippen molar-refractivity contribution in [2.45, 2.75) is 6.92 Å². The van der Waals surface area contributed by atoms with E-state index < -0.39 is 24.2 Å². The maximum Gasteiger partial charge on any atom is 0.409 e. The Hall–Kier alpha value is -3.36. The molecule has 0 spiro atoms. The van der Waals surface area contributed by atoms with Gasteiger partial charge in [0.1, 0.15) is 0 Å². The summed E-state index contributed by atoms with van der Waals surface area (Å²) < 4.78 is 10.1. The topological polar surface area (TPSA) is 109 Å². The summed E-state index contributed by atoms with van der Waals surface area (Å²) >= 11 is 0. The fourth-order valence-corrected chi connectivity index (χ4v) is 3.02. The van der Waals surface area contributed by atoms with Gasteiger partial charge in [-0.15, -0.1) is 0 Å². The van der Waals surface area contributed by atoms with Gasteiger partial charge in [0.25, 0.3) is 5.91 Å². The maximum absolute atomic E-state index is 12.4. The van der Waals surface area contributed by atoms with E-state index in [4.69, 9.17) is 9.47 Å². The number of benzene rings is 1. The first-order valence-electron chi connectivity index (χ1n) is 8.98. The zero-order chi connectivity index (χ0) is 20.1. The number of piperazine rings is 1. The molecular formula is C19H21N3O6. The molecule has 148 valence electrons. The first-order valence-corrected chi connectivity index (χ1v) is 8.98. The zero-order valence-electron chi connectivity index (χ0n) is 15.5. The molecule has 28 heavy (non-hydrogen) atoms. The molecule has 1 saturated heterocycles. The molecule has 0 bridgehead atoms. The number of carbonyl (C=O) groups excluding carboxylic acids is 3. The van der Waals surface area contributed by atoms with Gasteiger partial charge in [0.05, 0.1) is 12.2 Å². The largest absolute Gasteiger partial charge is 0.452 e. The van der Waals surface area contributed by atoms with Crippen LogP contribution in [0.15, 0.2) is 35.1 Å². The lowest BCUT2D eigenvalue weighted by Gasteiger charge is -2.33. The van der Waals surface area contributed by atoms with Crippen LogP contribution in [0.2, 0.25) is 0 Å². The van der Waals surface area contributed by atoms with Crippen molar-refractivity contribution < 1.29 is 23.9 Å². The van der Waals surface area contributed by atoms with Crippen LogP contribution in [0.1, 0.15) is 17.3 Å².